The molecule has 94 valence electrons. The summed E-state index contributed by atoms with van der Waals surface area (Å²) in [5.74, 6) is -0.0832. The fraction of sp³-hybridized carbons (Fsp3) is 0.385. The molecule has 1 saturated heterocycles. The number of aromatic nitrogens is 2. The van der Waals surface area contributed by atoms with Crippen molar-refractivity contribution in [1.29, 1.82) is 0 Å². The molecule has 1 fully saturated rings. The van der Waals surface area contributed by atoms with Crippen molar-refractivity contribution >= 4 is 10.9 Å². The lowest BCUT2D eigenvalue weighted by Crippen LogP contribution is -2.30. The minimum absolute atomic E-state index is 0.221. The first kappa shape index (κ1) is 11.3. The van der Waals surface area contributed by atoms with Crippen molar-refractivity contribution in [2.75, 3.05) is 13.1 Å². The number of aromatic amines is 1. The molecule has 0 spiro atoms. The molecule has 1 aliphatic rings. The number of nitrogens with zero attached hydrogens (tertiary/aromatic N) is 1. The van der Waals surface area contributed by atoms with E-state index in [-0.39, 0.29) is 17.4 Å². The molecule has 1 aliphatic heterocycles. The molecule has 2 N–H and O–H groups in total. The van der Waals surface area contributed by atoms with Crippen LogP contribution in [0.3, 0.4) is 0 Å². The van der Waals surface area contributed by atoms with Crippen molar-refractivity contribution in [3.63, 3.8) is 0 Å². The Morgan fingerprint density at radius 1 is 1.39 bits per heavy atom. The zero-order valence-corrected chi connectivity index (χ0v) is 9.87. The lowest BCUT2D eigenvalue weighted by Gasteiger charge is -2.23. The van der Waals surface area contributed by atoms with Crippen molar-refractivity contribution in [3.8, 4) is 0 Å². The summed E-state index contributed by atoms with van der Waals surface area (Å²) in [6.45, 7) is 1.81. The van der Waals surface area contributed by atoms with E-state index < -0.39 is 0 Å². The van der Waals surface area contributed by atoms with E-state index in [0.717, 1.165) is 31.6 Å². The van der Waals surface area contributed by atoms with Crippen LogP contribution in [0.1, 0.15) is 24.5 Å². The molecule has 1 unspecified atom stereocenters. The van der Waals surface area contributed by atoms with Gasteiger partial charge in [0.1, 0.15) is 5.82 Å². The third kappa shape index (κ3) is 2.01. The SMILES string of the molecule is O=c1nc2ccc(F)cc2c(C2CCCNC2)[nH]1. The first-order chi connectivity index (χ1) is 8.74. The standard InChI is InChI=1S/C13H14FN3O/c14-9-3-4-11-10(6-9)12(17-13(18)16-11)8-2-1-5-15-7-8/h3-4,6,8,15H,1-2,5,7H2,(H,16,17,18). The number of benzene rings is 1. The summed E-state index contributed by atoms with van der Waals surface area (Å²) >= 11 is 0. The van der Waals surface area contributed by atoms with Crippen molar-refractivity contribution < 1.29 is 4.39 Å². The van der Waals surface area contributed by atoms with Crippen molar-refractivity contribution in [1.82, 2.24) is 15.3 Å². The van der Waals surface area contributed by atoms with Crippen LogP contribution in [0.15, 0.2) is 23.0 Å². The van der Waals surface area contributed by atoms with Crippen LogP contribution in [0.5, 0.6) is 0 Å². The van der Waals surface area contributed by atoms with Crippen LogP contribution < -0.4 is 11.0 Å². The van der Waals surface area contributed by atoms with Crippen molar-refractivity contribution in [2.45, 2.75) is 18.8 Å². The van der Waals surface area contributed by atoms with Gasteiger partial charge in [-0.25, -0.2) is 9.18 Å². The second-order valence-corrected chi connectivity index (χ2v) is 4.66. The fourth-order valence-electron chi connectivity index (χ4n) is 2.56. The van der Waals surface area contributed by atoms with E-state index in [4.69, 9.17) is 0 Å². The van der Waals surface area contributed by atoms with E-state index in [1.807, 2.05) is 0 Å². The highest BCUT2D eigenvalue weighted by atomic mass is 19.1. The number of H-pyrrole nitrogens is 1. The topological polar surface area (TPSA) is 57.8 Å². The largest absolute Gasteiger partial charge is 0.345 e. The zero-order chi connectivity index (χ0) is 12.5. The Morgan fingerprint density at radius 3 is 3.06 bits per heavy atom. The Morgan fingerprint density at radius 2 is 2.28 bits per heavy atom. The number of piperidine rings is 1. The first-order valence-electron chi connectivity index (χ1n) is 6.14. The molecule has 1 aromatic heterocycles. The Hall–Kier alpha value is -1.75. The lowest BCUT2D eigenvalue weighted by atomic mass is 9.93. The number of hydrogen-bond donors (Lipinski definition) is 2. The van der Waals surface area contributed by atoms with Gasteiger partial charge >= 0.3 is 5.69 Å². The van der Waals surface area contributed by atoms with Crippen LogP contribution in [-0.4, -0.2) is 23.1 Å². The summed E-state index contributed by atoms with van der Waals surface area (Å²) in [6, 6.07) is 4.33. The van der Waals surface area contributed by atoms with E-state index in [0.29, 0.717) is 10.9 Å². The maximum atomic E-state index is 13.3. The van der Waals surface area contributed by atoms with E-state index in [1.165, 1.54) is 12.1 Å². The third-order valence-electron chi connectivity index (χ3n) is 3.42. The zero-order valence-electron chi connectivity index (χ0n) is 9.87. The quantitative estimate of drug-likeness (QED) is 0.803. The van der Waals surface area contributed by atoms with Crippen LogP contribution >= 0.6 is 0 Å². The molecule has 0 amide bonds. The van der Waals surface area contributed by atoms with Gasteiger partial charge in [-0.15, -0.1) is 0 Å². The van der Waals surface area contributed by atoms with E-state index in [2.05, 4.69) is 15.3 Å². The van der Waals surface area contributed by atoms with Crippen LogP contribution in [-0.2, 0) is 0 Å². The highest BCUT2D eigenvalue weighted by Crippen LogP contribution is 2.26. The summed E-state index contributed by atoms with van der Waals surface area (Å²) < 4.78 is 13.3. The number of rotatable bonds is 1. The molecule has 0 bridgehead atoms. The van der Waals surface area contributed by atoms with Crippen LogP contribution in [0.2, 0.25) is 0 Å². The second kappa shape index (κ2) is 4.49. The monoisotopic (exact) mass is 247 g/mol. The molecule has 0 saturated carbocycles. The van der Waals surface area contributed by atoms with Gasteiger partial charge in [0.25, 0.3) is 0 Å². The minimum Gasteiger partial charge on any atom is -0.316 e. The van der Waals surface area contributed by atoms with Crippen LogP contribution in [0.4, 0.5) is 4.39 Å². The van der Waals surface area contributed by atoms with Gasteiger partial charge in [-0.1, -0.05) is 0 Å². The Bertz CT molecular complexity index is 632. The number of fused-ring (bicyclic) bond motifs is 1. The van der Waals surface area contributed by atoms with E-state index in [1.54, 1.807) is 6.07 Å². The predicted octanol–water partition coefficient (Wildman–Crippen LogP) is 1.53. The predicted molar refractivity (Wildman–Crippen MR) is 67.2 cm³/mol. The molecular formula is C13H14FN3O. The van der Waals surface area contributed by atoms with Gasteiger partial charge in [-0.3, -0.25) is 0 Å². The van der Waals surface area contributed by atoms with Gasteiger partial charge in [0, 0.05) is 23.5 Å². The fourth-order valence-corrected chi connectivity index (χ4v) is 2.56. The Kier molecular flexibility index (Phi) is 2.83. The molecule has 0 radical (unpaired) electrons. The summed E-state index contributed by atoms with van der Waals surface area (Å²) in [4.78, 5) is 18.2. The normalized spacial score (nSPS) is 20.2. The molecule has 1 aromatic carbocycles. The molecule has 2 heterocycles. The summed E-state index contributed by atoms with van der Waals surface area (Å²) in [6.07, 6.45) is 2.06. The number of halogens is 1. The molecular weight excluding hydrogens is 233 g/mol. The molecule has 5 heteroatoms. The van der Waals surface area contributed by atoms with Gasteiger partial charge in [-0.05, 0) is 37.6 Å². The molecule has 1 atom stereocenters. The summed E-state index contributed by atoms with van der Waals surface area (Å²) in [5.41, 5.74) is 0.993. The van der Waals surface area contributed by atoms with Crippen molar-refractivity contribution in [2.24, 2.45) is 0 Å². The molecule has 2 aromatic rings. The average Bonchev–Trinajstić information content (AvgIpc) is 2.39. The third-order valence-corrected chi connectivity index (χ3v) is 3.42. The van der Waals surface area contributed by atoms with Crippen LogP contribution in [0, 0.1) is 5.82 Å². The molecule has 3 rings (SSSR count). The average molecular weight is 247 g/mol. The highest BCUT2D eigenvalue weighted by molar-refractivity contribution is 5.81. The highest BCUT2D eigenvalue weighted by Gasteiger charge is 2.19. The lowest BCUT2D eigenvalue weighted by molar-refractivity contribution is 0.456. The Balaban J connectivity index is 2.19. The van der Waals surface area contributed by atoms with Gasteiger partial charge < -0.3 is 10.3 Å². The number of nitrogens with one attached hydrogen (secondary N) is 2. The summed E-state index contributed by atoms with van der Waals surface area (Å²) in [7, 11) is 0. The van der Waals surface area contributed by atoms with E-state index in [9.17, 15) is 9.18 Å². The maximum Gasteiger partial charge on any atom is 0.345 e. The second-order valence-electron chi connectivity index (χ2n) is 4.66. The maximum absolute atomic E-state index is 13.3. The molecule has 4 nitrogen and oxygen atoms in total. The molecule has 18 heavy (non-hydrogen) atoms. The smallest absolute Gasteiger partial charge is 0.316 e. The van der Waals surface area contributed by atoms with Crippen LogP contribution in [0.25, 0.3) is 10.9 Å². The Labute approximate surface area is 103 Å². The van der Waals surface area contributed by atoms with Crippen molar-refractivity contribution in [3.05, 3.63) is 40.2 Å². The molecule has 0 aliphatic carbocycles. The number of hydrogen-bond acceptors (Lipinski definition) is 3. The van der Waals surface area contributed by atoms with Gasteiger partial charge in [0.2, 0.25) is 0 Å². The van der Waals surface area contributed by atoms with Gasteiger partial charge in [0.15, 0.2) is 0 Å². The van der Waals surface area contributed by atoms with Gasteiger partial charge in [0.05, 0.1) is 5.52 Å². The first-order valence-corrected chi connectivity index (χ1v) is 6.14. The summed E-state index contributed by atoms with van der Waals surface area (Å²) in [5, 5.41) is 4.01. The minimum atomic E-state index is -0.366. The van der Waals surface area contributed by atoms with E-state index >= 15 is 0 Å². The van der Waals surface area contributed by atoms with Gasteiger partial charge in [-0.2, -0.15) is 4.98 Å².